The Bertz CT molecular complexity index is 402. The summed E-state index contributed by atoms with van der Waals surface area (Å²) in [7, 11) is 0. The van der Waals surface area contributed by atoms with Crippen LogP contribution in [0, 0.1) is 0 Å². The fourth-order valence-electron chi connectivity index (χ4n) is 3.28. The van der Waals surface area contributed by atoms with E-state index in [-0.39, 0.29) is 11.4 Å². The molecule has 1 N–H and O–H groups in total. The molecule has 2 fully saturated rings. The molecule has 1 saturated carbocycles. The smallest absolute Gasteiger partial charge is 0.293 e. The summed E-state index contributed by atoms with van der Waals surface area (Å²) in [5.74, 6) is 0.359. The average Bonchev–Trinajstić information content (AvgIpc) is 2.93. The summed E-state index contributed by atoms with van der Waals surface area (Å²) >= 11 is 0. The van der Waals surface area contributed by atoms with Gasteiger partial charge in [-0.2, -0.15) is 0 Å². The lowest BCUT2D eigenvalue weighted by Crippen LogP contribution is -2.63. The largest absolute Gasteiger partial charge is 0.351 e. The maximum Gasteiger partial charge on any atom is 0.293 e. The van der Waals surface area contributed by atoms with Gasteiger partial charge in [0.15, 0.2) is 0 Å². The normalized spacial score (nSPS) is 23.2. The summed E-state index contributed by atoms with van der Waals surface area (Å²) in [6, 6.07) is 1.65. The van der Waals surface area contributed by atoms with Gasteiger partial charge in [0.1, 0.15) is 0 Å². The number of carbonyl (C=O) groups is 1. The van der Waals surface area contributed by atoms with Gasteiger partial charge in [-0.05, 0) is 12.8 Å². The van der Waals surface area contributed by atoms with Gasteiger partial charge in [-0.25, -0.2) is 0 Å². The SMILES string of the molecule is O=C(c1ccno1)N1CCNCC12CCCCC2. The molecule has 18 heavy (non-hydrogen) atoms. The molecule has 1 aromatic rings. The third-order valence-electron chi connectivity index (χ3n) is 4.22. The van der Waals surface area contributed by atoms with Gasteiger partial charge in [0.2, 0.25) is 5.76 Å². The number of carbonyl (C=O) groups excluding carboxylic acids is 1. The van der Waals surface area contributed by atoms with E-state index in [1.54, 1.807) is 6.07 Å². The van der Waals surface area contributed by atoms with Crippen LogP contribution in [0.5, 0.6) is 0 Å². The summed E-state index contributed by atoms with van der Waals surface area (Å²) in [5.41, 5.74) is 0.000370. The fraction of sp³-hybridized carbons (Fsp3) is 0.692. The number of nitrogens with one attached hydrogen (secondary N) is 1. The van der Waals surface area contributed by atoms with Gasteiger partial charge in [-0.1, -0.05) is 24.4 Å². The van der Waals surface area contributed by atoms with Crippen molar-refractivity contribution in [1.29, 1.82) is 0 Å². The van der Waals surface area contributed by atoms with E-state index in [4.69, 9.17) is 4.52 Å². The van der Waals surface area contributed by atoms with Crippen LogP contribution in [0.25, 0.3) is 0 Å². The lowest BCUT2D eigenvalue weighted by atomic mass is 9.79. The predicted octanol–water partition coefficient (Wildman–Crippen LogP) is 1.42. The maximum atomic E-state index is 12.5. The first-order valence-corrected chi connectivity index (χ1v) is 6.75. The highest BCUT2D eigenvalue weighted by molar-refractivity contribution is 5.92. The number of hydrogen-bond donors (Lipinski definition) is 1. The van der Waals surface area contributed by atoms with Crippen molar-refractivity contribution in [2.24, 2.45) is 0 Å². The molecule has 1 saturated heterocycles. The number of amides is 1. The molecule has 0 bridgehead atoms. The monoisotopic (exact) mass is 249 g/mol. The number of piperazine rings is 1. The Hall–Kier alpha value is -1.36. The van der Waals surface area contributed by atoms with E-state index < -0.39 is 0 Å². The molecule has 1 aromatic heterocycles. The molecule has 1 amide bonds. The lowest BCUT2D eigenvalue weighted by Gasteiger charge is -2.49. The summed E-state index contributed by atoms with van der Waals surface area (Å²) in [4.78, 5) is 14.5. The van der Waals surface area contributed by atoms with Crippen molar-refractivity contribution in [2.45, 2.75) is 37.6 Å². The standard InChI is InChI=1S/C13H19N3O2/c17-12(11-4-7-15-18-11)16-9-8-14-10-13(16)5-2-1-3-6-13/h4,7,14H,1-3,5-6,8-10H2. The van der Waals surface area contributed by atoms with Crippen LogP contribution in [0.2, 0.25) is 0 Å². The summed E-state index contributed by atoms with van der Waals surface area (Å²) in [6.07, 6.45) is 7.43. The predicted molar refractivity (Wildman–Crippen MR) is 66.2 cm³/mol. The molecule has 1 aliphatic heterocycles. The van der Waals surface area contributed by atoms with E-state index in [1.807, 2.05) is 4.90 Å². The first kappa shape index (κ1) is 11.7. The van der Waals surface area contributed by atoms with Gasteiger partial charge < -0.3 is 14.7 Å². The molecule has 98 valence electrons. The number of nitrogens with zero attached hydrogens (tertiary/aromatic N) is 2. The minimum Gasteiger partial charge on any atom is -0.351 e. The van der Waals surface area contributed by atoms with Crippen LogP contribution in [0.4, 0.5) is 0 Å². The highest BCUT2D eigenvalue weighted by Gasteiger charge is 2.43. The molecule has 2 aliphatic rings. The summed E-state index contributed by atoms with van der Waals surface area (Å²) in [5, 5.41) is 7.07. The molecule has 1 aliphatic carbocycles. The number of rotatable bonds is 1. The van der Waals surface area contributed by atoms with Crippen LogP contribution in [0.15, 0.2) is 16.8 Å². The molecule has 0 atom stereocenters. The zero-order chi connectivity index (χ0) is 12.4. The quantitative estimate of drug-likeness (QED) is 0.818. The molecule has 0 aromatic carbocycles. The van der Waals surface area contributed by atoms with E-state index >= 15 is 0 Å². The van der Waals surface area contributed by atoms with Crippen LogP contribution in [-0.2, 0) is 0 Å². The highest BCUT2D eigenvalue weighted by atomic mass is 16.5. The van der Waals surface area contributed by atoms with Gasteiger partial charge in [0.25, 0.3) is 5.91 Å². The van der Waals surface area contributed by atoms with Gasteiger partial charge in [-0.15, -0.1) is 0 Å². The van der Waals surface area contributed by atoms with Gasteiger partial charge >= 0.3 is 0 Å². The van der Waals surface area contributed by atoms with E-state index in [1.165, 1.54) is 25.5 Å². The van der Waals surface area contributed by atoms with Crippen LogP contribution >= 0.6 is 0 Å². The molecule has 2 heterocycles. The Morgan fingerprint density at radius 3 is 2.94 bits per heavy atom. The molecule has 0 radical (unpaired) electrons. The van der Waals surface area contributed by atoms with Crippen LogP contribution in [-0.4, -0.2) is 41.1 Å². The molecular formula is C13H19N3O2. The Balaban J connectivity index is 1.85. The molecular weight excluding hydrogens is 230 g/mol. The molecule has 5 heteroatoms. The van der Waals surface area contributed by atoms with Crippen molar-refractivity contribution >= 4 is 5.91 Å². The number of aromatic nitrogens is 1. The second-order valence-corrected chi connectivity index (χ2v) is 5.30. The summed E-state index contributed by atoms with van der Waals surface area (Å²) in [6.45, 7) is 2.54. The van der Waals surface area contributed by atoms with E-state index in [9.17, 15) is 4.79 Å². The zero-order valence-corrected chi connectivity index (χ0v) is 10.5. The lowest BCUT2D eigenvalue weighted by molar-refractivity contribution is 0.0189. The minimum atomic E-state index is -0.00380. The molecule has 3 rings (SSSR count). The van der Waals surface area contributed by atoms with Crippen molar-refractivity contribution in [3.63, 3.8) is 0 Å². The Morgan fingerprint density at radius 2 is 2.22 bits per heavy atom. The minimum absolute atomic E-state index is 0.000370. The van der Waals surface area contributed by atoms with Crippen molar-refractivity contribution in [3.8, 4) is 0 Å². The van der Waals surface area contributed by atoms with Crippen molar-refractivity contribution < 1.29 is 9.32 Å². The van der Waals surface area contributed by atoms with E-state index in [0.29, 0.717) is 5.76 Å². The van der Waals surface area contributed by atoms with Crippen LogP contribution < -0.4 is 5.32 Å². The molecule has 5 nitrogen and oxygen atoms in total. The van der Waals surface area contributed by atoms with Gasteiger partial charge in [0, 0.05) is 25.7 Å². The topological polar surface area (TPSA) is 58.4 Å². The zero-order valence-electron chi connectivity index (χ0n) is 10.5. The molecule has 1 spiro atoms. The maximum absolute atomic E-state index is 12.5. The van der Waals surface area contributed by atoms with Crippen LogP contribution in [0.1, 0.15) is 42.7 Å². The third-order valence-corrected chi connectivity index (χ3v) is 4.22. The van der Waals surface area contributed by atoms with Crippen LogP contribution in [0.3, 0.4) is 0 Å². The average molecular weight is 249 g/mol. The first-order valence-electron chi connectivity index (χ1n) is 6.75. The van der Waals surface area contributed by atoms with Gasteiger partial charge in [-0.3, -0.25) is 4.79 Å². The van der Waals surface area contributed by atoms with E-state index in [2.05, 4.69) is 10.5 Å². The number of hydrogen-bond acceptors (Lipinski definition) is 4. The second kappa shape index (κ2) is 4.72. The Labute approximate surface area is 107 Å². The van der Waals surface area contributed by atoms with Gasteiger partial charge in [0.05, 0.1) is 11.7 Å². The summed E-state index contributed by atoms with van der Waals surface area (Å²) < 4.78 is 5.02. The van der Waals surface area contributed by atoms with E-state index in [0.717, 1.165) is 32.5 Å². The Morgan fingerprint density at radius 1 is 1.39 bits per heavy atom. The molecule has 0 unspecified atom stereocenters. The fourth-order valence-corrected chi connectivity index (χ4v) is 3.28. The van der Waals surface area contributed by atoms with Crippen molar-refractivity contribution in [1.82, 2.24) is 15.4 Å². The second-order valence-electron chi connectivity index (χ2n) is 5.30. The third kappa shape index (κ3) is 1.92. The Kier molecular flexibility index (Phi) is 3.07. The van der Waals surface area contributed by atoms with Crippen molar-refractivity contribution in [3.05, 3.63) is 18.0 Å². The highest BCUT2D eigenvalue weighted by Crippen LogP contribution is 2.35. The van der Waals surface area contributed by atoms with Crippen molar-refractivity contribution in [2.75, 3.05) is 19.6 Å². The first-order chi connectivity index (χ1) is 8.82.